The van der Waals surface area contributed by atoms with Gasteiger partial charge < -0.3 is 13.7 Å². The predicted molar refractivity (Wildman–Crippen MR) is 67.8 cm³/mol. The van der Waals surface area contributed by atoms with E-state index in [0.717, 1.165) is 13.2 Å². The van der Waals surface area contributed by atoms with Crippen molar-refractivity contribution in [3.8, 4) is 0 Å². The topological polar surface area (TPSA) is 12.5 Å². The van der Waals surface area contributed by atoms with Gasteiger partial charge in [-0.1, -0.05) is 0 Å². The van der Waals surface area contributed by atoms with E-state index in [4.69, 9.17) is 4.74 Å². The third kappa shape index (κ3) is 2.36. The smallest absolute Gasteiger partial charge is 0.129 e. The molecule has 0 amide bonds. The Balaban J connectivity index is 1.59. The predicted octanol–water partition coefficient (Wildman–Crippen LogP) is -0.391. The summed E-state index contributed by atoms with van der Waals surface area (Å²) in [6, 6.07) is 0. The van der Waals surface area contributed by atoms with Crippen molar-refractivity contribution in [2.24, 2.45) is 0 Å². The summed E-state index contributed by atoms with van der Waals surface area (Å²) in [4.78, 5) is 2.48. The van der Waals surface area contributed by atoms with E-state index >= 15 is 0 Å². The number of hydrogen-bond acceptors (Lipinski definition) is 2. The average molecular weight is 241 g/mol. The van der Waals surface area contributed by atoms with Gasteiger partial charge in [0.05, 0.1) is 26.3 Å². The Morgan fingerprint density at radius 1 is 0.706 bits per heavy atom. The van der Waals surface area contributed by atoms with Crippen molar-refractivity contribution in [1.82, 2.24) is 4.90 Å². The van der Waals surface area contributed by atoms with E-state index in [1.54, 1.807) is 0 Å². The molecule has 4 nitrogen and oxygen atoms in total. The second-order valence-electron chi connectivity index (χ2n) is 6.39. The van der Waals surface area contributed by atoms with Crippen molar-refractivity contribution < 1.29 is 13.7 Å². The number of ether oxygens (including phenoxy) is 1. The maximum Gasteiger partial charge on any atom is 0.129 e. The number of rotatable bonds is 0. The lowest BCUT2D eigenvalue weighted by Crippen LogP contribution is -2.72. The lowest BCUT2D eigenvalue weighted by molar-refractivity contribution is -1.04. The van der Waals surface area contributed by atoms with Crippen LogP contribution in [0.2, 0.25) is 0 Å². The van der Waals surface area contributed by atoms with E-state index in [0.29, 0.717) is 0 Å². The summed E-state index contributed by atoms with van der Waals surface area (Å²) in [5.41, 5.74) is 0. The van der Waals surface area contributed by atoms with Gasteiger partial charge in [0, 0.05) is 13.1 Å². The molecule has 3 aliphatic heterocycles. The highest BCUT2D eigenvalue weighted by Gasteiger charge is 2.43. The maximum absolute atomic E-state index is 5.52. The number of likely N-dealkylation sites (N-methyl/N-ethyl adjacent to an activating group) is 1. The molecule has 3 aliphatic rings. The Kier molecular flexibility index (Phi) is 3.15. The first-order chi connectivity index (χ1) is 8.22. The van der Waals surface area contributed by atoms with Gasteiger partial charge in [-0.05, 0) is 7.05 Å². The highest BCUT2D eigenvalue weighted by Crippen LogP contribution is 2.22. The molecule has 0 bridgehead atoms. The van der Waals surface area contributed by atoms with Crippen LogP contribution in [0.25, 0.3) is 0 Å². The molecule has 3 heterocycles. The minimum atomic E-state index is 0.989. The molecule has 0 unspecified atom stereocenters. The third-order valence-electron chi connectivity index (χ3n) is 5.43. The number of morpholine rings is 1. The normalized spacial score (nSPS) is 33.0. The largest absolute Gasteiger partial charge is 0.370 e. The first-order valence-corrected chi connectivity index (χ1v) is 7.19. The zero-order valence-electron chi connectivity index (χ0n) is 11.2. The van der Waals surface area contributed by atoms with E-state index in [9.17, 15) is 0 Å². The fourth-order valence-electron chi connectivity index (χ4n) is 3.69. The summed E-state index contributed by atoms with van der Waals surface area (Å²) in [7, 11) is 2.26. The molecular formula is C13H27N3O+2. The SMILES string of the molecule is CN1CC[N+]2(CC1)CC[N+]1(CCOCC1)CC2. The van der Waals surface area contributed by atoms with Gasteiger partial charge in [0.2, 0.25) is 0 Å². The van der Waals surface area contributed by atoms with Crippen LogP contribution in [0.3, 0.4) is 0 Å². The molecule has 17 heavy (non-hydrogen) atoms. The van der Waals surface area contributed by atoms with Gasteiger partial charge in [-0.3, -0.25) is 4.90 Å². The van der Waals surface area contributed by atoms with E-state index in [-0.39, 0.29) is 0 Å². The summed E-state index contributed by atoms with van der Waals surface area (Å²) >= 11 is 0. The molecule has 3 rings (SSSR count). The molecule has 3 fully saturated rings. The van der Waals surface area contributed by atoms with Gasteiger partial charge in [0.15, 0.2) is 0 Å². The Bertz CT molecular complexity index is 256. The summed E-state index contributed by atoms with van der Waals surface area (Å²) in [5.74, 6) is 0. The average Bonchev–Trinajstić information content (AvgIpc) is 2.38. The molecule has 0 radical (unpaired) electrons. The van der Waals surface area contributed by atoms with Crippen molar-refractivity contribution in [1.29, 1.82) is 0 Å². The van der Waals surface area contributed by atoms with E-state index in [1.165, 1.54) is 74.4 Å². The first kappa shape index (κ1) is 11.9. The standard InChI is InChI=1S/C13H27N3O/c1-14-2-4-15(5-3-14)6-8-16(9-7-15)10-12-17-13-11-16/h2-13H2,1H3/q+2. The van der Waals surface area contributed by atoms with Crippen molar-refractivity contribution in [3.63, 3.8) is 0 Å². The van der Waals surface area contributed by atoms with Crippen LogP contribution >= 0.6 is 0 Å². The van der Waals surface area contributed by atoms with Crippen molar-refractivity contribution in [2.75, 3.05) is 85.7 Å². The van der Waals surface area contributed by atoms with Crippen LogP contribution in [-0.2, 0) is 4.74 Å². The third-order valence-corrected chi connectivity index (χ3v) is 5.43. The fourth-order valence-corrected chi connectivity index (χ4v) is 3.69. The molecule has 0 saturated carbocycles. The van der Waals surface area contributed by atoms with E-state index in [2.05, 4.69) is 11.9 Å². The summed E-state index contributed by atoms with van der Waals surface area (Å²) in [5, 5.41) is 0. The van der Waals surface area contributed by atoms with Gasteiger partial charge >= 0.3 is 0 Å². The van der Waals surface area contributed by atoms with Crippen molar-refractivity contribution in [3.05, 3.63) is 0 Å². The lowest BCUT2D eigenvalue weighted by Gasteiger charge is -2.52. The summed E-state index contributed by atoms with van der Waals surface area (Å²) in [6.07, 6.45) is 0. The first-order valence-electron chi connectivity index (χ1n) is 7.19. The highest BCUT2D eigenvalue weighted by molar-refractivity contribution is 4.64. The fraction of sp³-hybridized carbons (Fsp3) is 1.00. The summed E-state index contributed by atoms with van der Waals surface area (Å²) < 4.78 is 8.29. The molecule has 0 N–H and O–H groups in total. The quantitative estimate of drug-likeness (QED) is 0.536. The van der Waals surface area contributed by atoms with Gasteiger partial charge in [0.25, 0.3) is 0 Å². The van der Waals surface area contributed by atoms with Gasteiger partial charge in [-0.25, -0.2) is 0 Å². The second-order valence-corrected chi connectivity index (χ2v) is 6.39. The van der Waals surface area contributed by atoms with E-state index < -0.39 is 0 Å². The van der Waals surface area contributed by atoms with Crippen LogP contribution in [-0.4, -0.2) is 99.6 Å². The second kappa shape index (κ2) is 4.50. The Labute approximate surface area is 105 Å². The molecule has 0 aromatic heterocycles. The van der Waals surface area contributed by atoms with Crippen LogP contribution < -0.4 is 0 Å². The molecule has 98 valence electrons. The van der Waals surface area contributed by atoms with Crippen LogP contribution in [0, 0.1) is 0 Å². The highest BCUT2D eigenvalue weighted by atomic mass is 16.5. The minimum Gasteiger partial charge on any atom is -0.370 e. The number of nitrogens with zero attached hydrogens (tertiary/aromatic N) is 3. The van der Waals surface area contributed by atoms with Crippen LogP contribution in [0.5, 0.6) is 0 Å². The molecule has 3 saturated heterocycles. The maximum atomic E-state index is 5.52. The molecule has 0 aromatic carbocycles. The van der Waals surface area contributed by atoms with Crippen molar-refractivity contribution >= 4 is 0 Å². The Hall–Kier alpha value is -0.160. The number of quaternary nitrogens is 2. The molecule has 0 aromatic rings. The monoisotopic (exact) mass is 241 g/mol. The van der Waals surface area contributed by atoms with Crippen LogP contribution in [0.15, 0.2) is 0 Å². The van der Waals surface area contributed by atoms with Gasteiger partial charge in [-0.2, -0.15) is 0 Å². The van der Waals surface area contributed by atoms with Gasteiger partial charge in [-0.15, -0.1) is 0 Å². The van der Waals surface area contributed by atoms with Gasteiger partial charge in [0.1, 0.15) is 39.3 Å². The molecule has 2 spiro atoms. The molecule has 0 atom stereocenters. The van der Waals surface area contributed by atoms with Crippen molar-refractivity contribution in [2.45, 2.75) is 0 Å². The summed E-state index contributed by atoms with van der Waals surface area (Å²) in [6.45, 7) is 15.5. The van der Waals surface area contributed by atoms with E-state index in [1.807, 2.05) is 0 Å². The Morgan fingerprint density at radius 2 is 1.18 bits per heavy atom. The minimum absolute atomic E-state index is 0.989. The zero-order valence-corrected chi connectivity index (χ0v) is 11.2. The zero-order chi connectivity index (χ0) is 11.8. The number of piperazine rings is 2. The number of hydrogen-bond donors (Lipinski definition) is 0. The molecule has 0 aliphatic carbocycles. The van der Waals surface area contributed by atoms with Crippen LogP contribution in [0.4, 0.5) is 0 Å². The van der Waals surface area contributed by atoms with Crippen LogP contribution in [0.1, 0.15) is 0 Å². The lowest BCUT2D eigenvalue weighted by atomic mass is 10.1. The molecular weight excluding hydrogens is 214 g/mol. The Morgan fingerprint density at radius 3 is 1.71 bits per heavy atom. The molecule has 4 heteroatoms.